The van der Waals surface area contributed by atoms with Gasteiger partial charge >= 0.3 is 5.97 Å². The van der Waals surface area contributed by atoms with Gasteiger partial charge in [0.1, 0.15) is 11.6 Å². The van der Waals surface area contributed by atoms with Gasteiger partial charge in [0.25, 0.3) is 0 Å². The highest BCUT2D eigenvalue weighted by molar-refractivity contribution is 5.89. The van der Waals surface area contributed by atoms with Gasteiger partial charge in [-0.15, -0.1) is 0 Å². The van der Waals surface area contributed by atoms with E-state index in [-0.39, 0.29) is 5.97 Å². The molecule has 0 aliphatic rings. The molecule has 0 aliphatic heterocycles. The maximum absolute atomic E-state index is 11.5. The fourth-order valence-corrected chi connectivity index (χ4v) is 1.81. The summed E-state index contributed by atoms with van der Waals surface area (Å²) in [6.45, 7) is 2.76. The Balaban J connectivity index is 1.95. The van der Waals surface area contributed by atoms with Gasteiger partial charge in [0.05, 0.1) is 19.3 Å². The molecule has 0 spiro atoms. The number of hydrogen-bond acceptors (Lipinski definition) is 5. The standard InChI is InChI=1S/C16H18N2O3/c1-3-21-16(19)13-7-8-15(18-11-13)17-10-12-5-4-6-14(9-12)20-2/h4-9,11H,3,10H2,1-2H3,(H,17,18). The Bertz CT molecular complexity index is 597. The number of carbonyl (C=O) groups excluding carboxylic acids is 1. The normalized spacial score (nSPS) is 10.0. The van der Waals surface area contributed by atoms with Crippen LogP contribution in [0.2, 0.25) is 0 Å². The molecule has 5 heteroatoms. The molecule has 0 radical (unpaired) electrons. The van der Waals surface area contributed by atoms with Crippen LogP contribution in [0.5, 0.6) is 5.75 Å². The minimum absolute atomic E-state index is 0.356. The molecule has 0 unspecified atom stereocenters. The summed E-state index contributed by atoms with van der Waals surface area (Å²) >= 11 is 0. The lowest BCUT2D eigenvalue weighted by Gasteiger charge is -2.08. The van der Waals surface area contributed by atoms with Crippen LogP contribution in [0.25, 0.3) is 0 Å². The SMILES string of the molecule is CCOC(=O)c1ccc(NCc2cccc(OC)c2)nc1. The molecule has 0 amide bonds. The fraction of sp³-hybridized carbons (Fsp3) is 0.250. The Hall–Kier alpha value is -2.56. The molecule has 1 heterocycles. The third-order valence-electron chi connectivity index (χ3n) is 2.88. The van der Waals surface area contributed by atoms with Gasteiger partial charge in [-0.1, -0.05) is 12.1 Å². The third-order valence-corrected chi connectivity index (χ3v) is 2.88. The predicted molar refractivity (Wildman–Crippen MR) is 80.5 cm³/mol. The highest BCUT2D eigenvalue weighted by Gasteiger charge is 2.06. The smallest absolute Gasteiger partial charge is 0.339 e. The Morgan fingerprint density at radius 2 is 2.14 bits per heavy atom. The first kappa shape index (κ1) is 14.8. The number of nitrogens with zero attached hydrogens (tertiary/aromatic N) is 1. The lowest BCUT2D eigenvalue weighted by Crippen LogP contribution is -2.06. The summed E-state index contributed by atoms with van der Waals surface area (Å²) < 4.78 is 10.1. The first-order valence-electron chi connectivity index (χ1n) is 6.73. The second-order valence-corrected chi connectivity index (χ2v) is 4.36. The van der Waals surface area contributed by atoms with Crippen LogP contribution in [0.15, 0.2) is 42.6 Å². The van der Waals surface area contributed by atoms with Crippen LogP contribution in [0.1, 0.15) is 22.8 Å². The summed E-state index contributed by atoms with van der Waals surface area (Å²) in [4.78, 5) is 15.7. The van der Waals surface area contributed by atoms with E-state index in [1.54, 1.807) is 26.2 Å². The van der Waals surface area contributed by atoms with Gasteiger partial charge in [-0.25, -0.2) is 9.78 Å². The first-order chi connectivity index (χ1) is 10.2. The zero-order valence-corrected chi connectivity index (χ0v) is 12.1. The van der Waals surface area contributed by atoms with Crippen molar-refractivity contribution in [3.8, 4) is 5.75 Å². The summed E-state index contributed by atoms with van der Waals surface area (Å²) in [5.74, 6) is 1.16. The number of methoxy groups -OCH3 is 1. The summed E-state index contributed by atoms with van der Waals surface area (Å²) in [7, 11) is 1.64. The van der Waals surface area contributed by atoms with Gasteiger partial charge in [0, 0.05) is 12.7 Å². The molecule has 1 N–H and O–H groups in total. The van der Waals surface area contributed by atoms with Gasteiger partial charge in [-0.05, 0) is 36.8 Å². The van der Waals surface area contributed by atoms with Crippen molar-refractivity contribution in [3.05, 3.63) is 53.7 Å². The molecular formula is C16H18N2O3. The highest BCUT2D eigenvalue weighted by Crippen LogP contribution is 2.14. The van der Waals surface area contributed by atoms with Crippen molar-refractivity contribution in [3.63, 3.8) is 0 Å². The van der Waals surface area contributed by atoms with E-state index in [4.69, 9.17) is 9.47 Å². The van der Waals surface area contributed by atoms with Crippen molar-refractivity contribution in [1.29, 1.82) is 0 Å². The lowest BCUT2D eigenvalue weighted by atomic mass is 10.2. The second-order valence-electron chi connectivity index (χ2n) is 4.36. The van der Waals surface area contributed by atoms with E-state index < -0.39 is 0 Å². The van der Waals surface area contributed by atoms with Crippen LogP contribution in [0.4, 0.5) is 5.82 Å². The van der Waals surface area contributed by atoms with E-state index in [1.807, 2.05) is 24.3 Å². The molecule has 2 rings (SSSR count). The van der Waals surface area contributed by atoms with Crippen molar-refractivity contribution < 1.29 is 14.3 Å². The summed E-state index contributed by atoms with van der Waals surface area (Å²) in [5.41, 5.74) is 1.54. The van der Waals surface area contributed by atoms with Gasteiger partial charge in [-0.2, -0.15) is 0 Å². The maximum atomic E-state index is 11.5. The number of nitrogens with one attached hydrogen (secondary N) is 1. The number of pyridine rings is 1. The topological polar surface area (TPSA) is 60.5 Å². The van der Waals surface area contributed by atoms with Crippen molar-refractivity contribution in [1.82, 2.24) is 4.98 Å². The molecule has 5 nitrogen and oxygen atoms in total. The Labute approximate surface area is 123 Å². The maximum Gasteiger partial charge on any atom is 0.339 e. The number of anilines is 1. The number of ether oxygens (including phenoxy) is 2. The summed E-state index contributed by atoms with van der Waals surface area (Å²) in [6.07, 6.45) is 1.51. The molecule has 110 valence electrons. The quantitative estimate of drug-likeness (QED) is 0.827. The van der Waals surface area contributed by atoms with Gasteiger partial charge < -0.3 is 14.8 Å². The Morgan fingerprint density at radius 1 is 1.29 bits per heavy atom. The van der Waals surface area contributed by atoms with Crippen LogP contribution in [-0.4, -0.2) is 24.7 Å². The Kier molecular flexibility index (Phi) is 5.15. The average Bonchev–Trinajstić information content (AvgIpc) is 2.54. The first-order valence-corrected chi connectivity index (χ1v) is 6.73. The van der Waals surface area contributed by atoms with Gasteiger partial charge in [0.2, 0.25) is 0 Å². The average molecular weight is 286 g/mol. The number of hydrogen-bond donors (Lipinski definition) is 1. The van der Waals surface area contributed by atoms with E-state index in [0.29, 0.717) is 24.5 Å². The van der Waals surface area contributed by atoms with E-state index in [2.05, 4.69) is 10.3 Å². The molecule has 0 fully saturated rings. The minimum Gasteiger partial charge on any atom is -0.497 e. The zero-order valence-electron chi connectivity index (χ0n) is 12.1. The van der Waals surface area contributed by atoms with Crippen LogP contribution < -0.4 is 10.1 Å². The van der Waals surface area contributed by atoms with Crippen LogP contribution >= 0.6 is 0 Å². The van der Waals surface area contributed by atoms with Crippen LogP contribution in [0, 0.1) is 0 Å². The zero-order chi connectivity index (χ0) is 15.1. The molecule has 2 aromatic rings. The second kappa shape index (κ2) is 7.28. The van der Waals surface area contributed by atoms with Crippen molar-refractivity contribution in [2.45, 2.75) is 13.5 Å². The van der Waals surface area contributed by atoms with Gasteiger partial charge in [-0.3, -0.25) is 0 Å². The molecule has 0 saturated heterocycles. The molecule has 21 heavy (non-hydrogen) atoms. The molecule has 1 aromatic heterocycles. The minimum atomic E-state index is -0.357. The number of esters is 1. The van der Waals surface area contributed by atoms with E-state index in [1.165, 1.54) is 6.20 Å². The molecular weight excluding hydrogens is 268 g/mol. The van der Waals surface area contributed by atoms with Crippen LogP contribution in [-0.2, 0) is 11.3 Å². The molecule has 0 aliphatic carbocycles. The summed E-state index contributed by atoms with van der Waals surface area (Å²) in [6, 6.07) is 11.2. The van der Waals surface area contributed by atoms with E-state index in [9.17, 15) is 4.79 Å². The number of benzene rings is 1. The molecule has 1 aromatic carbocycles. The largest absolute Gasteiger partial charge is 0.497 e. The number of rotatable bonds is 6. The van der Waals surface area contributed by atoms with Crippen molar-refractivity contribution >= 4 is 11.8 Å². The third kappa shape index (κ3) is 4.21. The molecule has 0 bridgehead atoms. The highest BCUT2D eigenvalue weighted by atomic mass is 16.5. The number of carbonyl (C=O) groups is 1. The Morgan fingerprint density at radius 3 is 2.81 bits per heavy atom. The molecule has 0 saturated carbocycles. The fourth-order valence-electron chi connectivity index (χ4n) is 1.81. The van der Waals surface area contributed by atoms with E-state index >= 15 is 0 Å². The van der Waals surface area contributed by atoms with Crippen molar-refractivity contribution in [2.24, 2.45) is 0 Å². The number of aromatic nitrogens is 1. The monoisotopic (exact) mass is 286 g/mol. The lowest BCUT2D eigenvalue weighted by molar-refractivity contribution is 0.0526. The van der Waals surface area contributed by atoms with Crippen molar-refractivity contribution in [2.75, 3.05) is 19.0 Å². The predicted octanol–water partition coefficient (Wildman–Crippen LogP) is 2.88. The van der Waals surface area contributed by atoms with Gasteiger partial charge in [0.15, 0.2) is 0 Å². The summed E-state index contributed by atoms with van der Waals surface area (Å²) in [5, 5.41) is 3.19. The van der Waals surface area contributed by atoms with Crippen LogP contribution in [0.3, 0.4) is 0 Å². The molecule has 0 atom stereocenters. The van der Waals surface area contributed by atoms with E-state index in [0.717, 1.165) is 11.3 Å².